The summed E-state index contributed by atoms with van der Waals surface area (Å²) in [5, 5.41) is 6.94. The fourth-order valence-corrected chi connectivity index (χ4v) is 2.87. The van der Waals surface area contributed by atoms with E-state index in [9.17, 15) is 0 Å². The molecule has 4 N–H and O–H groups in total. The normalized spacial score (nSPS) is 45.0. The van der Waals surface area contributed by atoms with Crippen molar-refractivity contribution in [2.24, 2.45) is 17.6 Å². The van der Waals surface area contributed by atoms with E-state index in [0.717, 1.165) is 24.9 Å². The summed E-state index contributed by atoms with van der Waals surface area (Å²) in [6, 6.07) is 1.09. The van der Waals surface area contributed by atoms with E-state index in [0.29, 0.717) is 12.1 Å². The molecule has 2 saturated heterocycles. The minimum atomic E-state index is 0.379. The molecular formula is C11H23N3. The quantitative estimate of drug-likeness (QED) is 0.567. The summed E-state index contributed by atoms with van der Waals surface area (Å²) in [6.07, 6.45) is 3.95. The Morgan fingerprint density at radius 1 is 1.14 bits per heavy atom. The summed E-state index contributed by atoms with van der Waals surface area (Å²) in [6.45, 7) is 5.62. The molecule has 0 aromatic rings. The molecule has 2 rings (SSSR count). The van der Waals surface area contributed by atoms with Crippen molar-refractivity contribution < 1.29 is 0 Å². The van der Waals surface area contributed by atoms with Crippen LogP contribution in [0.3, 0.4) is 0 Å². The highest BCUT2D eigenvalue weighted by Gasteiger charge is 2.31. The van der Waals surface area contributed by atoms with Crippen molar-refractivity contribution in [3.05, 3.63) is 0 Å². The van der Waals surface area contributed by atoms with Gasteiger partial charge in [0.25, 0.3) is 0 Å². The molecule has 2 fully saturated rings. The molecule has 0 aromatic heterocycles. The topological polar surface area (TPSA) is 50.1 Å². The minimum Gasteiger partial charge on any atom is -0.326 e. The lowest BCUT2D eigenvalue weighted by atomic mass is 9.77. The molecule has 82 valence electrons. The molecule has 0 amide bonds. The van der Waals surface area contributed by atoms with E-state index in [1.807, 2.05) is 0 Å². The maximum atomic E-state index is 6.15. The van der Waals surface area contributed by atoms with Gasteiger partial charge in [0.15, 0.2) is 0 Å². The number of nitrogens with two attached hydrogens (primary N) is 1. The monoisotopic (exact) mass is 197 g/mol. The van der Waals surface area contributed by atoms with Gasteiger partial charge < -0.3 is 16.4 Å². The predicted molar refractivity (Wildman–Crippen MR) is 59.1 cm³/mol. The second kappa shape index (κ2) is 4.60. The predicted octanol–water partition coefficient (Wildman–Crippen LogP) is 0.311. The fraction of sp³-hybridized carbons (Fsp3) is 1.00. The lowest BCUT2D eigenvalue weighted by molar-refractivity contribution is 0.177. The van der Waals surface area contributed by atoms with Crippen LogP contribution in [0.15, 0.2) is 0 Å². The summed E-state index contributed by atoms with van der Waals surface area (Å²) in [4.78, 5) is 0. The molecule has 4 unspecified atom stereocenters. The molecular weight excluding hydrogens is 174 g/mol. The number of nitrogens with one attached hydrogen (secondary N) is 2. The van der Waals surface area contributed by atoms with Crippen molar-refractivity contribution in [1.82, 2.24) is 10.6 Å². The van der Waals surface area contributed by atoms with Crippen LogP contribution in [-0.4, -0.2) is 31.7 Å². The Morgan fingerprint density at radius 2 is 2.00 bits per heavy atom. The van der Waals surface area contributed by atoms with Crippen LogP contribution in [0.25, 0.3) is 0 Å². The molecule has 0 spiro atoms. The zero-order valence-electron chi connectivity index (χ0n) is 9.13. The number of hydrogen-bond acceptors (Lipinski definition) is 3. The van der Waals surface area contributed by atoms with Crippen LogP contribution < -0.4 is 16.4 Å². The van der Waals surface area contributed by atoms with E-state index in [2.05, 4.69) is 17.6 Å². The fourth-order valence-electron chi connectivity index (χ4n) is 2.87. The summed E-state index contributed by atoms with van der Waals surface area (Å²) in [7, 11) is 0. The Bertz CT molecular complexity index is 175. The molecule has 2 aliphatic rings. The Morgan fingerprint density at radius 3 is 2.64 bits per heavy atom. The van der Waals surface area contributed by atoms with E-state index in [1.165, 1.54) is 25.8 Å². The maximum Gasteiger partial charge on any atom is 0.0197 e. The summed E-state index contributed by atoms with van der Waals surface area (Å²) >= 11 is 0. The zero-order chi connectivity index (χ0) is 9.97. The second-order valence-corrected chi connectivity index (χ2v) is 4.97. The molecule has 0 radical (unpaired) electrons. The third-order valence-corrected chi connectivity index (χ3v) is 3.89. The summed E-state index contributed by atoms with van der Waals surface area (Å²) in [5.74, 6) is 1.57. The van der Waals surface area contributed by atoms with Gasteiger partial charge in [0, 0.05) is 18.6 Å². The van der Waals surface area contributed by atoms with Gasteiger partial charge in [-0.2, -0.15) is 0 Å². The van der Waals surface area contributed by atoms with Crippen LogP contribution in [-0.2, 0) is 0 Å². The average Bonchev–Trinajstić information content (AvgIpc) is 2.20. The van der Waals surface area contributed by atoms with Crippen LogP contribution in [0.4, 0.5) is 0 Å². The van der Waals surface area contributed by atoms with Crippen molar-refractivity contribution in [2.45, 2.75) is 38.3 Å². The van der Waals surface area contributed by atoms with Crippen LogP contribution in [0.1, 0.15) is 26.2 Å². The Balaban J connectivity index is 1.87. The molecule has 3 nitrogen and oxygen atoms in total. The van der Waals surface area contributed by atoms with Crippen molar-refractivity contribution in [1.29, 1.82) is 0 Å². The van der Waals surface area contributed by atoms with E-state index < -0.39 is 0 Å². The average molecular weight is 197 g/mol. The summed E-state index contributed by atoms with van der Waals surface area (Å²) < 4.78 is 0. The van der Waals surface area contributed by atoms with Crippen molar-refractivity contribution >= 4 is 0 Å². The van der Waals surface area contributed by atoms with Gasteiger partial charge in [-0.05, 0) is 51.1 Å². The molecule has 3 heteroatoms. The minimum absolute atomic E-state index is 0.379. The van der Waals surface area contributed by atoms with Crippen LogP contribution in [0, 0.1) is 11.8 Å². The van der Waals surface area contributed by atoms with Crippen LogP contribution >= 0.6 is 0 Å². The van der Waals surface area contributed by atoms with E-state index >= 15 is 0 Å². The van der Waals surface area contributed by atoms with Gasteiger partial charge in [0.2, 0.25) is 0 Å². The van der Waals surface area contributed by atoms with Crippen molar-refractivity contribution in [3.63, 3.8) is 0 Å². The first-order chi connectivity index (χ1) is 6.77. The molecule has 4 atom stereocenters. The second-order valence-electron chi connectivity index (χ2n) is 4.97. The number of piperidine rings is 2. The molecule has 2 aliphatic heterocycles. The van der Waals surface area contributed by atoms with Crippen LogP contribution in [0.5, 0.6) is 0 Å². The largest absolute Gasteiger partial charge is 0.326 e. The molecule has 0 aliphatic carbocycles. The molecule has 2 heterocycles. The summed E-state index contributed by atoms with van der Waals surface area (Å²) in [5.41, 5.74) is 6.15. The Hall–Kier alpha value is -0.120. The first kappa shape index (κ1) is 10.4. The highest BCUT2D eigenvalue weighted by molar-refractivity contribution is 4.89. The van der Waals surface area contributed by atoms with Crippen molar-refractivity contribution in [2.75, 3.05) is 19.6 Å². The van der Waals surface area contributed by atoms with Gasteiger partial charge in [-0.25, -0.2) is 0 Å². The van der Waals surface area contributed by atoms with Gasteiger partial charge >= 0.3 is 0 Å². The van der Waals surface area contributed by atoms with Gasteiger partial charge in [0.1, 0.15) is 0 Å². The maximum absolute atomic E-state index is 6.15. The third kappa shape index (κ3) is 2.27. The smallest absolute Gasteiger partial charge is 0.0197 e. The number of hydrogen-bond donors (Lipinski definition) is 3. The lowest BCUT2D eigenvalue weighted by Crippen LogP contribution is -2.52. The number of rotatable bonds is 1. The highest BCUT2D eigenvalue weighted by Crippen LogP contribution is 2.27. The molecule has 0 bridgehead atoms. The Kier molecular flexibility index (Phi) is 3.42. The van der Waals surface area contributed by atoms with Gasteiger partial charge in [-0.3, -0.25) is 0 Å². The lowest BCUT2D eigenvalue weighted by Gasteiger charge is -2.39. The van der Waals surface area contributed by atoms with Gasteiger partial charge in [-0.15, -0.1) is 0 Å². The highest BCUT2D eigenvalue weighted by atomic mass is 15.0. The molecule has 14 heavy (non-hydrogen) atoms. The van der Waals surface area contributed by atoms with Gasteiger partial charge in [0.05, 0.1) is 0 Å². The zero-order valence-corrected chi connectivity index (χ0v) is 9.13. The van der Waals surface area contributed by atoms with Crippen LogP contribution in [0.2, 0.25) is 0 Å². The molecule has 0 saturated carbocycles. The van der Waals surface area contributed by atoms with E-state index in [-0.39, 0.29) is 0 Å². The Labute approximate surface area is 86.8 Å². The first-order valence-corrected chi connectivity index (χ1v) is 5.97. The first-order valence-electron chi connectivity index (χ1n) is 5.97. The van der Waals surface area contributed by atoms with E-state index in [1.54, 1.807) is 0 Å². The standard InChI is InChI=1S/C11H23N3/c1-8-2-3-9(6-14-8)10-4-5-13-7-11(10)12/h8-11,13-14H,2-7,12H2,1H3. The van der Waals surface area contributed by atoms with Crippen molar-refractivity contribution in [3.8, 4) is 0 Å². The third-order valence-electron chi connectivity index (χ3n) is 3.89. The molecule has 0 aromatic carbocycles. The van der Waals surface area contributed by atoms with E-state index in [4.69, 9.17) is 5.73 Å². The van der Waals surface area contributed by atoms with Gasteiger partial charge in [-0.1, -0.05) is 0 Å². The SMILES string of the molecule is CC1CCC(C2CCNCC2N)CN1.